The van der Waals surface area contributed by atoms with Crippen LogP contribution in [0, 0.1) is 11.3 Å². The average Bonchev–Trinajstić information content (AvgIpc) is 2.69. The Labute approximate surface area is 155 Å². The normalized spacial score (nSPS) is 9.93. The monoisotopic (exact) mass is 357 g/mol. The van der Waals surface area contributed by atoms with Gasteiger partial charge in [-0.15, -0.1) is 0 Å². The van der Waals surface area contributed by atoms with Gasteiger partial charge in [0.2, 0.25) is 5.95 Å². The lowest BCUT2D eigenvalue weighted by Gasteiger charge is -2.08. The van der Waals surface area contributed by atoms with Crippen LogP contribution in [0.25, 0.3) is 0 Å². The second kappa shape index (κ2) is 7.89. The molecule has 0 aliphatic carbocycles. The van der Waals surface area contributed by atoms with Gasteiger partial charge in [-0.1, -0.05) is 12.1 Å². The maximum atomic E-state index is 12.4. The molecule has 132 valence electrons. The van der Waals surface area contributed by atoms with Crippen molar-refractivity contribution in [2.75, 3.05) is 10.6 Å². The standard InChI is InChI=1S/C20H15N5O2/c1-13(26)15-3-2-4-17(11-15)23-19(27)18-9-10-22-20(25-18)24-16-7-5-14(12-21)6-8-16/h2-11H,1H3,(H,23,27)(H,22,24,25). The van der Waals surface area contributed by atoms with Crippen LogP contribution in [0.15, 0.2) is 60.8 Å². The van der Waals surface area contributed by atoms with Gasteiger partial charge in [0, 0.05) is 23.1 Å². The minimum atomic E-state index is -0.416. The fourth-order valence-electron chi connectivity index (χ4n) is 2.31. The Kier molecular flexibility index (Phi) is 5.19. The Bertz CT molecular complexity index is 1040. The molecule has 0 saturated carbocycles. The molecule has 27 heavy (non-hydrogen) atoms. The van der Waals surface area contributed by atoms with E-state index in [1.807, 2.05) is 6.07 Å². The maximum Gasteiger partial charge on any atom is 0.274 e. The zero-order valence-corrected chi connectivity index (χ0v) is 14.4. The van der Waals surface area contributed by atoms with Crippen molar-refractivity contribution in [1.29, 1.82) is 5.26 Å². The quantitative estimate of drug-likeness (QED) is 0.676. The van der Waals surface area contributed by atoms with Crippen molar-refractivity contribution >= 4 is 29.0 Å². The Morgan fingerprint density at radius 2 is 1.81 bits per heavy atom. The van der Waals surface area contributed by atoms with Gasteiger partial charge in [-0.25, -0.2) is 9.97 Å². The summed E-state index contributed by atoms with van der Waals surface area (Å²) in [6.45, 7) is 1.46. The molecule has 7 heteroatoms. The van der Waals surface area contributed by atoms with Crippen molar-refractivity contribution in [2.24, 2.45) is 0 Å². The largest absolute Gasteiger partial charge is 0.324 e. The van der Waals surface area contributed by atoms with Crippen LogP contribution >= 0.6 is 0 Å². The highest BCUT2D eigenvalue weighted by Crippen LogP contribution is 2.15. The van der Waals surface area contributed by atoms with E-state index >= 15 is 0 Å². The van der Waals surface area contributed by atoms with E-state index in [9.17, 15) is 9.59 Å². The second-order valence-electron chi connectivity index (χ2n) is 5.67. The minimum absolute atomic E-state index is 0.0814. The Hall–Kier alpha value is -4.05. The number of carbonyl (C=O) groups is 2. The number of ketones is 1. The van der Waals surface area contributed by atoms with E-state index < -0.39 is 5.91 Å². The predicted molar refractivity (Wildman–Crippen MR) is 101 cm³/mol. The summed E-state index contributed by atoms with van der Waals surface area (Å²) in [7, 11) is 0. The fourth-order valence-corrected chi connectivity index (χ4v) is 2.31. The van der Waals surface area contributed by atoms with Crippen molar-refractivity contribution in [3.63, 3.8) is 0 Å². The Morgan fingerprint density at radius 1 is 1.04 bits per heavy atom. The van der Waals surface area contributed by atoms with Gasteiger partial charge in [-0.3, -0.25) is 9.59 Å². The molecule has 2 N–H and O–H groups in total. The molecule has 0 radical (unpaired) electrons. The van der Waals surface area contributed by atoms with E-state index in [0.29, 0.717) is 22.5 Å². The molecular formula is C20H15N5O2. The fraction of sp³-hybridized carbons (Fsp3) is 0.0500. The highest BCUT2D eigenvalue weighted by atomic mass is 16.2. The number of rotatable bonds is 5. The summed E-state index contributed by atoms with van der Waals surface area (Å²) in [5.41, 5.74) is 2.43. The molecule has 0 fully saturated rings. The van der Waals surface area contributed by atoms with Crippen LogP contribution < -0.4 is 10.6 Å². The molecule has 0 saturated heterocycles. The number of hydrogen-bond donors (Lipinski definition) is 2. The summed E-state index contributed by atoms with van der Waals surface area (Å²) in [6, 6.07) is 17.0. The first kappa shape index (κ1) is 17.8. The van der Waals surface area contributed by atoms with Gasteiger partial charge in [0.1, 0.15) is 5.69 Å². The van der Waals surface area contributed by atoms with Crippen molar-refractivity contribution in [3.05, 3.63) is 77.6 Å². The van der Waals surface area contributed by atoms with Gasteiger partial charge in [-0.05, 0) is 49.4 Å². The van der Waals surface area contributed by atoms with E-state index in [-0.39, 0.29) is 17.4 Å². The first-order chi connectivity index (χ1) is 13.0. The number of aromatic nitrogens is 2. The molecular weight excluding hydrogens is 342 g/mol. The lowest BCUT2D eigenvalue weighted by molar-refractivity contribution is 0.100. The Morgan fingerprint density at radius 3 is 2.52 bits per heavy atom. The van der Waals surface area contributed by atoms with Crippen molar-refractivity contribution in [1.82, 2.24) is 9.97 Å². The van der Waals surface area contributed by atoms with Crippen molar-refractivity contribution in [3.8, 4) is 6.07 Å². The zero-order valence-electron chi connectivity index (χ0n) is 14.4. The van der Waals surface area contributed by atoms with E-state index in [0.717, 1.165) is 0 Å². The predicted octanol–water partition coefficient (Wildman–Crippen LogP) is 3.55. The smallest absolute Gasteiger partial charge is 0.274 e. The van der Waals surface area contributed by atoms with Crippen LogP contribution in [-0.2, 0) is 0 Å². The van der Waals surface area contributed by atoms with Gasteiger partial charge in [-0.2, -0.15) is 5.26 Å². The molecule has 1 amide bonds. The third-order valence-electron chi connectivity index (χ3n) is 3.69. The van der Waals surface area contributed by atoms with Crippen LogP contribution in [-0.4, -0.2) is 21.7 Å². The van der Waals surface area contributed by atoms with E-state index in [2.05, 4.69) is 20.6 Å². The summed E-state index contributed by atoms with van der Waals surface area (Å²) < 4.78 is 0. The molecule has 7 nitrogen and oxygen atoms in total. The molecule has 0 aliphatic heterocycles. The zero-order chi connectivity index (χ0) is 19.2. The molecule has 0 spiro atoms. The summed E-state index contributed by atoms with van der Waals surface area (Å²) in [5.74, 6) is -0.243. The number of benzene rings is 2. The van der Waals surface area contributed by atoms with Crippen LogP contribution in [0.4, 0.5) is 17.3 Å². The molecule has 3 rings (SSSR count). The Balaban J connectivity index is 1.74. The number of nitrogens with one attached hydrogen (secondary N) is 2. The van der Waals surface area contributed by atoms with Crippen LogP contribution in [0.2, 0.25) is 0 Å². The maximum absolute atomic E-state index is 12.4. The van der Waals surface area contributed by atoms with Gasteiger partial charge in [0.05, 0.1) is 11.6 Å². The number of Topliss-reactive ketones (excluding diaryl/α,β-unsaturated/α-hetero) is 1. The molecule has 0 unspecified atom stereocenters. The molecule has 0 aliphatic rings. The number of carbonyl (C=O) groups excluding carboxylic acids is 2. The van der Waals surface area contributed by atoms with Crippen molar-refractivity contribution in [2.45, 2.75) is 6.92 Å². The number of nitriles is 1. The van der Waals surface area contributed by atoms with E-state index in [1.54, 1.807) is 48.5 Å². The van der Waals surface area contributed by atoms with E-state index in [4.69, 9.17) is 5.26 Å². The summed E-state index contributed by atoms with van der Waals surface area (Å²) in [6.07, 6.45) is 1.47. The van der Waals surface area contributed by atoms with Gasteiger partial charge >= 0.3 is 0 Å². The van der Waals surface area contributed by atoms with Crippen molar-refractivity contribution < 1.29 is 9.59 Å². The SMILES string of the molecule is CC(=O)c1cccc(NC(=O)c2ccnc(Nc3ccc(C#N)cc3)n2)c1. The van der Waals surface area contributed by atoms with Gasteiger partial charge in [0.25, 0.3) is 5.91 Å². The lowest BCUT2D eigenvalue weighted by Crippen LogP contribution is -2.15. The van der Waals surface area contributed by atoms with Gasteiger partial charge in [0.15, 0.2) is 5.78 Å². The van der Waals surface area contributed by atoms with Crippen LogP contribution in [0.3, 0.4) is 0 Å². The number of amides is 1. The molecule has 0 atom stereocenters. The second-order valence-corrected chi connectivity index (χ2v) is 5.67. The first-order valence-corrected chi connectivity index (χ1v) is 8.08. The molecule has 1 heterocycles. The number of hydrogen-bond acceptors (Lipinski definition) is 6. The van der Waals surface area contributed by atoms with Crippen LogP contribution in [0.5, 0.6) is 0 Å². The molecule has 3 aromatic rings. The third kappa shape index (κ3) is 4.52. The van der Waals surface area contributed by atoms with E-state index in [1.165, 1.54) is 19.2 Å². The summed E-state index contributed by atoms with van der Waals surface area (Å²) in [4.78, 5) is 32.2. The third-order valence-corrected chi connectivity index (χ3v) is 3.69. The van der Waals surface area contributed by atoms with Gasteiger partial charge < -0.3 is 10.6 Å². The molecule has 0 bridgehead atoms. The molecule has 1 aromatic heterocycles. The highest BCUT2D eigenvalue weighted by Gasteiger charge is 2.10. The molecule has 2 aromatic carbocycles. The summed E-state index contributed by atoms with van der Waals surface area (Å²) in [5, 5.41) is 14.5. The minimum Gasteiger partial charge on any atom is -0.324 e. The lowest BCUT2D eigenvalue weighted by atomic mass is 10.1. The number of nitrogens with zero attached hydrogens (tertiary/aromatic N) is 3. The highest BCUT2D eigenvalue weighted by molar-refractivity contribution is 6.04. The average molecular weight is 357 g/mol. The van der Waals surface area contributed by atoms with Crippen LogP contribution in [0.1, 0.15) is 33.3 Å². The first-order valence-electron chi connectivity index (χ1n) is 8.08. The summed E-state index contributed by atoms with van der Waals surface area (Å²) >= 11 is 0. The topological polar surface area (TPSA) is 108 Å². The number of anilines is 3.